The molecule has 1 amide bonds. The lowest BCUT2D eigenvalue weighted by Crippen LogP contribution is -2.23. The molecule has 25 heavy (non-hydrogen) atoms. The van der Waals surface area contributed by atoms with E-state index in [9.17, 15) is 18.0 Å². The number of methoxy groups -OCH3 is 2. The van der Waals surface area contributed by atoms with E-state index < -0.39 is 11.7 Å². The van der Waals surface area contributed by atoms with Crippen LogP contribution in [0.4, 0.5) is 18.9 Å². The number of carbonyl (C=O) groups is 1. The number of nitrogens with one attached hydrogen (secondary N) is 1. The van der Waals surface area contributed by atoms with E-state index in [-0.39, 0.29) is 18.2 Å². The predicted octanol–water partition coefficient (Wildman–Crippen LogP) is 4.20. The van der Waals surface area contributed by atoms with Gasteiger partial charge in [-0.2, -0.15) is 13.2 Å². The molecule has 132 valence electrons. The summed E-state index contributed by atoms with van der Waals surface area (Å²) in [6.45, 7) is 0. The van der Waals surface area contributed by atoms with Crippen LogP contribution >= 0.6 is 0 Å². The summed E-state index contributed by atoms with van der Waals surface area (Å²) in [6.07, 6.45) is -4.25. The molecule has 3 rings (SSSR count). The first-order valence-corrected chi connectivity index (χ1v) is 7.56. The zero-order valence-electron chi connectivity index (χ0n) is 13.6. The van der Waals surface area contributed by atoms with Crippen molar-refractivity contribution in [1.82, 2.24) is 0 Å². The van der Waals surface area contributed by atoms with Crippen molar-refractivity contribution in [3.05, 3.63) is 53.1 Å². The normalized spacial score (nSPS) is 16.8. The first-order chi connectivity index (χ1) is 11.8. The molecule has 2 aromatic carbocycles. The number of alkyl halides is 3. The van der Waals surface area contributed by atoms with Crippen LogP contribution in [0.5, 0.6) is 11.5 Å². The zero-order valence-corrected chi connectivity index (χ0v) is 13.6. The zero-order chi connectivity index (χ0) is 18.2. The second kappa shape index (κ2) is 6.31. The molecule has 1 heterocycles. The molecule has 0 spiro atoms. The summed E-state index contributed by atoms with van der Waals surface area (Å²) < 4.78 is 48.8. The Bertz CT molecular complexity index is 800. The van der Waals surface area contributed by atoms with Crippen LogP contribution in [0.3, 0.4) is 0 Å². The number of anilines is 1. The molecular formula is C18H16F3NO3. The Morgan fingerprint density at radius 3 is 2.20 bits per heavy atom. The summed E-state index contributed by atoms with van der Waals surface area (Å²) in [5.41, 5.74) is 1.26. The van der Waals surface area contributed by atoms with Gasteiger partial charge in [0.2, 0.25) is 5.91 Å². The number of hydrogen-bond donors (Lipinski definition) is 1. The van der Waals surface area contributed by atoms with Crippen LogP contribution in [0.15, 0.2) is 36.4 Å². The molecule has 0 fully saturated rings. The molecule has 0 bridgehead atoms. The van der Waals surface area contributed by atoms with Gasteiger partial charge in [0, 0.05) is 24.1 Å². The third-order valence-electron chi connectivity index (χ3n) is 4.24. The SMILES string of the molecule is COc1cc2c(cc1OC)[C@@H](c1ccc(C(F)(F)F)cc1)CC(=O)N2. The monoisotopic (exact) mass is 351 g/mol. The van der Waals surface area contributed by atoms with Crippen molar-refractivity contribution in [3.63, 3.8) is 0 Å². The highest BCUT2D eigenvalue weighted by molar-refractivity contribution is 5.96. The maximum Gasteiger partial charge on any atom is 0.416 e. The second-order valence-electron chi connectivity index (χ2n) is 5.72. The van der Waals surface area contributed by atoms with E-state index >= 15 is 0 Å². The molecule has 0 radical (unpaired) electrons. The summed E-state index contributed by atoms with van der Waals surface area (Å²) >= 11 is 0. The molecule has 1 N–H and O–H groups in total. The smallest absolute Gasteiger partial charge is 0.416 e. The minimum atomic E-state index is -4.39. The van der Waals surface area contributed by atoms with E-state index in [0.717, 1.165) is 17.7 Å². The molecule has 2 aromatic rings. The highest BCUT2D eigenvalue weighted by atomic mass is 19.4. The minimum Gasteiger partial charge on any atom is -0.493 e. The van der Waals surface area contributed by atoms with Gasteiger partial charge >= 0.3 is 6.18 Å². The van der Waals surface area contributed by atoms with Gasteiger partial charge in [-0.3, -0.25) is 4.79 Å². The van der Waals surface area contributed by atoms with Gasteiger partial charge in [-0.05, 0) is 29.3 Å². The van der Waals surface area contributed by atoms with Crippen molar-refractivity contribution < 1.29 is 27.4 Å². The van der Waals surface area contributed by atoms with Gasteiger partial charge < -0.3 is 14.8 Å². The molecule has 0 saturated heterocycles. The Balaban J connectivity index is 2.05. The van der Waals surface area contributed by atoms with E-state index in [1.54, 1.807) is 12.1 Å². The standard InChI is InChI=1S/C18H16F3NO3/c1-24-15-7-13-12(8-17(23)22-14(13)9-16(15)25-2)10-3-5-11(6-4-10)18(19,20)21/h3-7,9,12H,8H2,1-2H3,(H,22,23)/t12-/m1/s1. The van der Waals surface area contributed by atoms with Crippen LogP contribution in [0.2, 0.25) is 0 Å². The molecule has 1 aliphatic rings. The Kier molecular flexibility index (Phi) is 4.32. The minimum absolute atomic E-state index is 0.147. The lowest BCUT2D eigenvalue weighted by Gasteiger charge is -2.27. The first kappa shape index (κ1) is 17.1. The van der Waals surface area contributed by atoms with Gasteiger partial charge in [-0.25, -0.2) is 0 Å². The average Bonchev–Trinajstić information content (AvgIpc) is 2.59. The van der Waals surface area contributed by atoms with Gasteiger partial charge in [0.05, 0.1) is 19.8 Å². The van der Waals surface area contributed by atoms with Gasteiger partial charge in [0.1, 0.15) is 0 Å². The number of hydrogen-bond acceptors (Lipinski definition) is 3. The number of benzene rings is 2. The number of halogens is 3. The maximum atomic E-state index is 12.8. The van der Waals surface area contributed by atoms with Crippen LogP contribution in [-0.4, -0.2) is 20.1 Å². The third-order valence-corrected chi connectivity index (χ3v) is 4.24. The quantitative estimate of drug-likeness (QED) is 0.902. The van der Waals surface area contributed by atoms with E-state index in [2.05, 4.69) is 5.32 Å². The van der Waals surface area contributed by atoms with E-state index in [1.165, 1.54) is 26.4 Å². The number of fused-ring (bicyclic) bond motifs is 1. The van der Waals surface area contributed by atoms with Crippen LogP contribution in [0, 0.1) is 0 Å². The number of ether oxygens (including phenoxy) is 2. The average molecular weight is 351 g/mol. The van der Waals surface area contributed by atoms with Crippen LogP contribution < -0.4 is 14.8 Å². The van der Waals surface area contributed by atoms with Crippen molar-refractivity contribution in [3.8, 4) is 11.5 Å². The van der Waals surface area contributed by atoms with E-state index in [1.807, 2.05) is 0 Å². The molecule has 1 aliphatic heterocycles. The lowest BCUT2D eigenvalue weighted by molar-refractivity contribution is -0.137. The van der Waals surface area contributed by atoms with Crippen molar-refractivity contribution in [2.45, 2.75) is 18.5 Å². The summed E-state index contributed by atoms with van der Waals surface area (Å²) in [5.74, 6) is 0.402. The van der Waals surface area contributed by atoms with Crippen LogP contribution in [-0.2, 0) is 11.0 Å². The Labute approximate surface area is 142 Å². The third kappa shape index (κ3) is 3.26. The summed E-state index contributed by atoms with van der Waals surface area (Å²) in [5, 5.41) is 2.77. The van der Waals surface area contributed by atoms with Crippen molar-refractivity contribution in [2.24, 2.45) is 0 Å². The molecule has 7 heteroatoms. The van der Waals surface area contributed by atoms with Crippen molar-refractivity contribution in [2.75, 3.05) is 19.5 Å². The molecule has 0 unspecified atom stereocenters. The summed E-state index contributed by atoms with van der Waals surface area (Å²) in [7, 11) is 2.99. The van der Waals surface area contributed by atoms with Crippen LogP contribution in [0.1, 0.15) is 29.0 Å². The van der Waals surface area contributed by atoms with Crippen molar-refractivity contribution >= 4 is 11.6 Å². The Morgan fingerprint density at radius 1 is 1.04 bits per heavy atom. The molecule has 0 aliphatic carbocycles. The summed E-state index contributed by atoms with van der Waals surface area (Å²) in [6, 6.07) is 8.28. The molecule has 1 atom stereocenters. The summed E-state index contributed by atoms with van der Waals surface area (Å²) in [4.78, 5) is 12.0. The largest absolute Gasteiger partial charge is 0.493 e. The van der Waals surface area contributed by atoms with Gasteiger partial charge in [0.15, 0.2) is 11.5 Å². The second-order valence-corrected chi connectivity index (χ2v) is 5.72. The highest BCUT2D eigenvalue weighted by Gasteiger charge is 2.32. The molecule has 4 nitrogen and oxygen atoms in total. The number of rotatable bonds is 3. The van der Waals surface area contributed by atoms with Gasteiger partial charge in [0.25, 0.3) is 0 Å². The fourth-order valence-corrected chi connectivity index (χ4v) is 2.99. The van der Waals surface area contributed by atoms with E-state index in [4.69, 9.17) is 9.47 Å². The Hall–Kier alpha value is -2.70. The topological polar surface area (TPSA) is 47.6 Å². The van der Waals surface area contributed by atoms with Gasteiger partial charge in [-0.1, -0.05) is 12.1 Å². The lowest BCUT2D eigenvalue weighted by atomic mass is 9.84. The van der Waals surface area contributed by atoms with Crippen molar-refractivity contribution in [1.29, 1.82) is 0 Å². The van der Waals surface area contributed by atoms with Gasteiger partial charge in [-0.15, -0.1) is 0 Å². The highest BCUT2D eigenvalue weighted by Crippen LogP contribution is 2.43. The van der Waals surface area contributed by atoms with E-state index in [0.29, 0.717) is 22.7 Å². The number of carbonyl (C=O) groups excluding carboxylic acids is 1. The molecule has 0 saturated carbocycles. The first-order valence-electron chi connectivity index (χ1n) is 7.56. The van der Waals surface area contributed by atoms with Crippen LogP contribution in [0.25, 0.3) is 0 Å². The number of amides is 1. The maximum absolute atomic E-state index is 12.8. The fourth-order valence-electron chi connectivity index (χ4n) is 2.99. The molecule has 0 aromatic heterocycles. The fraction of sp³-hybridized carbons (Fsp3) is 0.278. The Morgan fingerprint density at radius 2 is 1.64 bits per heavy atom. The molecular weight excluding hydrogens is 335 g/mol. The predicted molar refractivity (Wildman–Crippen MR) is 86.1 cm³/mol.